The van der Waals surface area contributed by atoms with Crippen molar-refractivity contribution in [2.75, 3.05) is 0 Å². The number of pyridine rings is 1. The molecule has 0 radical (unpaired) electrons. The predicted molar refractivity (Wildman–Crippen MR) is 89.8 cm³/mol. The van der Waals surface area contributed by atoms with Crippen LogP contribution in [-0.4, -0.2) is 11.0 Å². The number of carbonyl (C=O) groups is 1. The fraction of sp³-hybridized carbons (Fsp3) is 0.176. The van der Waals surface area contributed by atoms with Gasteiger partial charge in [-0.15, -0.1) is 11.3 Å². The van der Waals surface area contributed by atoms with E-state index in [9.17, 15) is 4.79 Å². The number of hydrogen-bond donors (Lipinski definition) is 2. The summed E-state index contributed by atoms with van der Waals surface area (Å²) in [5.41, 5.74) is 2.18. The van der Waals surface area contributed by atoms with Crippen LogP contribution in [0.15, 0.2) is 54.2 Å². The molecule has 0 saturated carbocycles. The van der Waals surface area contributed by atoms with Crippen molar-refractivity contribution in [3.8, 4) is 0 Å². The van der Waals surface area contributed by atoms with Gasteiger partial charge in [0.2, 0.25) is 0 Å². The predicted octanol–water partition coefficient (Wildman–Crippen LogP) is 3.86. The summed E-state index contributed by atoms with van der Waals surface area (Å²) >= 11 is 1.70. The lowest BCUT2D eigenvalue weighted by Crippen LogP contribution is -2.36. The summed E-state index contributed by atoms with van der Waals surface area (Å²) in [6, 6.07) is 11.8. The fourth-order valence-electron chi connectivity index (χ4n) is 2.34. The summed E-state index contributed by atoms with van der Waals surface area (Å²) in [5.74, 6) is 0. The minimum atomic E-state index is -0.167. The zero-order valence-electron chi connectivity index (χ0n) is 12.2. The molecule has 0 saturated heterocycles. The van der Waals surface area contributed by atoms with Gasteiger partial charge >= 0.3 is 6.03 Å². The van der Waals surface area contributed by atoms with E-state index < -0.39 is 0 Å². The average molecular weight is 311 g/mol. The van der Waals surface area contributed by atoms with Crippen LogP contribution in [0.5, 0.6) is 0 Å². The minimum Gasteiger partial charge on any atom is -0.334 e. The Labute approximate surface area is 133 Å². The van der Waals surface area contributed by atoms with Crippen LogP contribution in [0.4, 0.5) is 4.79 Å². The van der Waals surface area contributed by atoms with Crippen molar-refractivity contribution in [3.05, 3.63) is 65.3 Å². The molecule has 0 aliphatic carbocycles. The molecular weight excluding hydrogens is 294 g/mol. The van der Waals surface area contributed by atoms with Gasteiger partial charge in [-0.1, -0.05) is 18.2 Å². The van der Waals surface area contributed by atoms with Gasteiger partial charge in [0.1, 0.15) is 0 Å². The molecular formula is C17H17N3OS. The zero-order valence-corrected chi connectivity index (χ0v) is 13.1. The molecule has 2 amide bonds. The highest BCUT2D eigenvalue weighted by Crippen LogP contribution is 2.29. The van der Waals surface area contributed by atoms with E-state index in [1.165, 1.54) is 10.1 Å². The summed E-state index contributed by atoms with van der Waals surface area (Å²) in [6.07, 6.45) is 3.43. The number of rotatable bonds is 4. The van der Waals surface area contributed by atoms with Crippen molar-refractivity contribution in [2.45, 2.75) is 19.5 Å². The standard InChI is InChI=1S/C17H17N3OS/c1-12(15-11-22-16-5-3-2-4-14(15)16)20-17(21)19-10-13-6-8-18-9-7-13/h2-9,11-12H,10H2,1H3,(H2,19,20,21)/t12-/m1/s1. The largest absolute Gasteiger partial charge is 0.334 e. The molecule has 0 aliphatic heterocycles. The molecule has 112 valence electrons. The first-order chi connectivity index (χ1) is 10.7. The first-order valence-corrected chi connectivity index (χ1v) is 8.01. The summed E-state index contributed by atoms with van der Waals surface area (Å²) in [4.78, 5) is 16.0. The Kier molecular flexibility index (Phi) is 4.34. The highest BCUT2D eigenvalue weighted by atomic mass is 32.1. The maximum Gasteiger partial charge on any atom is 0.315 e. The smallest absolute Gasteiger partial charge is 0.315 e. The monoisotopic (exact) mass is 311 g/mol. The molecule has 2 aromatic heterocycles. The SMILES string of the molecule is C[C@@H](NC(=O)NCc1ccncc1)c1csc2ccccc12. The van der Waals surface area contributed by atoms with Crippen molar-refractivity contribution in [3.63, 3.8) is 0 Å². The number of aromatic nitrogens is 1. The quantitative estimate of drug-likeness (QED) is 0.769. The fourth-order valence-corrected chi connectivity index (χ4v) is 3.40. The van der Waals surface area contributed by atoms with Crippen molar-refractivity contribution >= 4 is 27.5 Å². The van der Waals surface area contributed by atoms with Gasteiger partial charge in [0, 0.05) is 23.6 Å². The molecule has 3 rings (SSSR count). The van der Waals surface area contributed by atoms with Crippen LogP contribution in [0, 0.1) is 0 Å². The molecule has 2 N–H and O–H groups in total. The molecule has 22 heavy (non-hydrogen) atoms. The molecule has 0 unspecified atom stereocenters. The van der Waals surface area contributed by atoms with Crippen LogP contribution in [0.2, 0.25) is 0 Å². The van der Waals surface area contributed by atoms with E-state index >= 15 is 0 Å². The maximum absolute atomic E-state index is 12.0. The molecule has 3 aromatic rings. The third kappa shape index (κ3) is 3.26. The Balaban J connectivity index is 1.61. The van der Waals surface area contributed by atoms with Crippen molar-refractivity contribution in [2.24, 2.45) is 0 Å². The second-order valence-electron chi connectivity index (χ2n) is 5.09. The van der Waals surface area contributed by atoms with E-state index in [-0.39, 0.29) is 12.1 Å². The first-order valence-electron chi connectivity index (χ1n) is 7.13. The normalized spacial score (nSPS) is 12.0. The molecule has 5 heteroatoms. The van der Waals surface area contributed by atoms with E-state index in [2.05, 4.69) is 33.1 Å². The molecule has 0 fully saturated rings. The van der Waals surface area contributed by atoms with Gasteiger partial charge in [-0.3, -0.25) is 4.98 Å². The number of urea groups is 1. The van der Waals surface area contributed by atoms with Gasteiger partial charge < -0.3 is 10.6 Å². The molecule has 1 atom stereocenters. The Morgan fingerprint density at radius 2 is 2.00 bits per heavy atom. The van der Waals surface area contributed by atoms with E-state index in [1.54, 1.807) is 23.7 Å². The van der Waals surface area contributed by atoms with Gasteiger partial charge in [-0.2, -0.15) is 0 Å². The molecule has 0 bridgehead atoms. The Morgan fingerprint density at radius 3 is 2.82 bits per heavy atom. The summed E-state index contributed by atoms with van der Waals surface area (Å²) in [5, 5.41) is 9.16. The summed E-state index contributed by atoms with van der Waals surface area (Å²) in [7, 11) is 0. The lowest BCUT2D eigenvalue weighted by Gasteiger charge is -2.14. The molecule has 4 nitrogen and oxygen atoms in total. The molecule has 2 heterocycles. The number of nitrogens with zero attached hydrogens (tertiary/aromatic N) is 1. The van der Waals surface area contributed by atoms with E-state index in [4.69, 9.17) is 0 Å². The van der Waals surface area contributed by atoms with Gasteiger partial charge in [-0.05, 0) is 47.0 Å². The Morgan fingerprint density at radius 1 is 1.23 bits per heavy atom. The van der Waals surface area contributed by atoms with Crippen LogP contribution in [0.3, 0.4) is 0 Å². The number of amides is 2. The molecule has 0 spiro atoms. The van der Waals surface area contributed by atoms with Crippen LogP contribution < -0.4 is 10.6 Å². The number of benzene rings is 1. The number of hydrogen-bond acceptors (Lipinski definition) is 3. The number of carbonyl (C=O) groups excluding carboxylic acids is 1. The Bertz CT molecular complexity index is 770. The first kappa shape index (κ1) is 14.5. The average Bonchev–Trinajstić information content (AvgIpc) is 2.98. The molecule has 1 aromatic carbocycles. The summed E-state index contributed by atoms with van der Waals surface area (Å²) in [6.45, 7) is 2.49. The third-order valence-electron chi connectivity index (χ3n) is 3.53. The highest BCUT2D eigenvalue weighted by molar-refractivity contribution is 7.17. The highest BCUT2D eigenvalue weighted by Gasteiger charge is 2.13. The topological polar surface area (TPSA) is 54.0 Å². The maximum atomic E-state index is 12.0. The lowest BCUT2D eigenvalue weighted by molar-refractivity contribution is 0.237. The zero-order chi connectivity index (χ0) is 15.4. The van der Waals surface area contributed by atoms with E-state index in [0.29, 0.717) is 6.54 Å². The van der Waals surface area contributed by atoms with Crippen LogP contribution in [0.25, 0.3) is 10.1 Å². The van der Waals surface area contributed by atoms with Gasteiger partial charge in [-0.25, -0.2) is 4.79 Å². The van der Waals surface area contributed by atoms with Crippen LogP contribution in [-0.2, 0) is 6.54 Å². The van der Waals surface area contributed by atoms with E-state index in [0.717, 1.165) is 11.1 Å². The lowest BCUT2D eigenvalue weighted by atomic mass is 10.1. The second kappa shape index (κ2) is 6.58. The van der Waals surface area contributed by atoms with Crippen molar-refractivity contribution in [1.29, 1.82) is 0 Å². The number of thiophene rings is 1. The van der Waals surface area contributed by atoms with Crippen LogP contribution >= 0.6 is 11.3 Å². The minimum absolute atomic E-state index is 0.0337. The number of fused-ring (bicyclic) bond motifs is 1. The van der Waals surface area contributed by atoms with Gasteiger partial charge in [0.15, 0.2) is 0 Å². The third-order valence-corrected chi connectivity index (χ3v) is 4.51. The van der Waals surface area contributed by atoms with Gasteiger partial charge in [0.05, 0.1) is 6.04 Å². The van der Waals surface area contributed by atoms with Gasteiger partial charge in [0.25, 0.3) is 0 Å². The van der Waals surface area contributed by atoms with Crippen molar-refractivity contribution < 1.29 is 4.79 Å². The van der Waals surface area contributed by atoms with Crippen molar-refractivity contribution in [1.82, 2.24) is 15.6 Å². The van der Waals surface area contributed by atoms with Crippen LogP contribution in [0.1, 0.15) is 24.1 Å². The summed E-state index contributed by atoms with van der Waals surface area (Å²) < 4.78 is 1.24. The number of nitrogens with one attached hydrogen (secondary N) is 2. The Hall–Kier alpha value is -2.40. The second-order valence-corrected chi connectivity index (χ2v) is 6.00. The van der Waals surface area contributed by atoms with E-state index in [1.807, 2.05) is 31.2 Å². The molecule has 0 aliphatic rings.